The van der Waals surface area contributed by atoms with E-state index in [4.69, 9.17) is 13.8 Å². The molecule has 0 atom stereocenters. The molecule has 4 heterocycles. The number of nitrogens with zero attached hydrogens (tertiary/aromatic N) is 2. The number of hydrogen-bond donors (Lipinski definition) is 1. The molecule has 2 aliphatic rings. The van der Waals surface area contributed by atoms with Gasteiger partial charge in [-0.2, -0.15) is 0 Å². The fraction of sp³-hybridized carbons (Fsp3) is 0.218. The van der Waals surface area contributed by atoms with Gasteiger partial charge in [0.2, 0.25) is 5.89 Å². The Morgan fingerprint density at radius 1 is 0.639 bits per heavy atom. The van der Waals surface area contributed by atoms with Gasteiger partial charge in [-0.3, -0.25) is 0 Å². The van der Waals surface area contributed by atoms with Crippen molar-refractivity contribution in [2.45, 2.75) is 77.6 Å². The monoisotopic (exact) mass is 792 g/mol. The largest absolute Gasteiger partial charge is 0.456 e. The highest BCUT2D eigenvalue weighted by atomic mass is 16.3. The highest BCUT2D eigenvalue weighted by Gasteiger charge is 2.38. The lowest BCUT2D eigenvalue weighted by atomic mass is 9.58. The molecule has 0 amide bonds. The van der Waals surface area contributed by atoms with Gasteiger partial charge < -0.3 is 18.7 Å². The molecule has 1 radical (unpaired) electrons. The van der Waals surface area contributed by atoms with E-state index in [0.29, 0.717) is 5.89 Å². The van der Waals surface area contributed by atoms with Crippen LogP contribution in [0, 0.1) is 0 Å². The summed E-state index contributed by atoms with van der Waals surface area (Å²) in [5, 5.41) is 8.53. The summed E-state index contributed by atoms with van der Waals surface area (Å²) in [7, 11) is 2.39. The first-order valence-corrected chi connectivity index (χ1v) is 21.7. The molecule has 0 saturated heterocycles. The summed E-state index contributed by atoms with van der Waals surface area (Å²) in [5.41, 5.74) is 18.9. The van der Waals surface area contributed by atoms with Crippen molar-refractivity contribution < 1.29 is 8.83 Å². The minimum atomic E-state index is 0.0326. The lowest BCUT2D eigenvalue weighted by Gasteiger charge is -2.42. The second-order valence-electron chi connectivity index (χ2n) is 19.8. The molecule has 1 aliphatic heterocycles. The molecule has 1 aliphatic carbocycles. The van der Waals surface area contributed by atoms with Crippen LogP contribution in [0.25, 0.3) is 83.1 Å². The van der Waals surface area contributed by atoms with Crippen LogP contribution >= 0.6 is 0 Å². The third-order valence-corrected chi connectivity index (χ3v) is 13.9. The van der Waals surface area contributed by atoms with Crippen LogP contribution in [0.5, 0.6) is 0 Å². The van der Waals surface area contributed by atoms with Crippen LogP contribution in [0.4, 0.5) is 11.4 Å². The van der Waals surface area contributed by atoms with Crippen molar-refractivity contribution in [1.29, 1.82) is 0 Å². The van der Waals surface area contributed by atoms with E-state index in [1.165, 1.54) is 44.2 Å². The van der Waals surface area contributed by atoms with E-state index in [9.17, 15) is 0 Å². The van der Waals surface area contributed by atoms with Gasteiger partial charge in [-0.1, -0.05) is 115 Å². The topological polar surface area (TPSA) is 56.1 Å². The van der Waals surface area contributed by atoms with Crippen molar-refractivity contribution in [1.82, 2.24) is 9.55 Å². The number of oxazole rings is 1. The third kappa shape index (κ3) is 5.50. The van der Waals surface area contributed by atoms with Crippen LogP contribution in [0.2, 0.25) is 0 Å². The third-order valence-electron chi connectivity index (χ3n) is 13.9. The van der Waals surface area contributed by atoms with Gasteiger partial charge in [0.1, 0.15) is 16.7 Å². The van der Waals surface area contributed by atoms with E-state index < -0.39 is 0 Å². The number of benzene rings is 7. The predicted molar refractivity (Wildman–Crippen MR) is 255 cm³/mol. The zero-order chi connectivity index (χ0) is 41.6. The molecule has 5 nitrogen and oxygen atoms in total. The number of nitrogens with one attached hydrogen (secondary N) is 1. The van der Waals surface area contributed by atoms with Crippen LogP contribution in [0.3, 0.4) is 0 Å². The van der Waals surface area contributed by atoms with Crippen LogP contribution in [-0.2, 0) is 16.2 Å². The maximum absolute atomic E-state index is 6.53. The summed E-state index contributed by atoms with van der Waals surface area (Å²) < 4.78 is 15.5. The van der Waals surface area contributed by atoms with Gasteiger partial charge >= 0.3 is 0 Å². The molecule has 12 rings (SSSR count). The average Bonchev–Trinajstić information content (AvgIpc) is 3.93. The molecule has 0 saturated carbocycles. The van der Waals surface area contributed by atoms with Gasteiger partial charge in [0.15, 0.2) is 12.9 Å². The van der Waals surface area contributed by atoms with Crippen molar-refractivity contribution in [3.05, 3.63) is 144 Å². The molecule has 10 aromatic rings. The van der Waals surface area contributed by atoms with Crippen LogP contribution < -0.4 is 16.2 Å². The predicted octanol–water partition coefficient (Wildman–Crippen LogP) is 13.5. The molecule has 1 N–H and O–H groups in total. The Morgan fingerprint density at radius 3 is 2.15 bits per heavy atom. The molecule has 0 bridgehead atoms. The molecule has 297 valence electrons. The number of para-hydroxylation sites is 1. The summed E-state index contributed by atoms with van der Waals surface area (Å²) in [6.07, 6.45) is 2.29. The van der Waals surface area contributed by atoms with Crippen molar-refractivity contribution >= 4 is 84.4 Å². The molecule has 7 aromatic carbocycles. The maximum atomic E-state index is 6.53. The van der Waals surface area contributed by atoms with Gasteiger partial charge in [-0.25, -0.2) is 4.98 Å². The number of fused-ring (bicyclic) bond motifs is 10. The summed E-state index contributed by atoms with van der Waals surface area (Å²) >= 11 is 0. The number of aromatic nitrogens is 2. The first-order valence-electron chi connectivity index (χ1n) is 21.7. The Morgan fingerprint density at radius 2 is 1.38 bits per heavy atom. The quantitative estimate of drug-likeness (QED) is 0.180. The molecule has 6 heteroatoms. The van der Waals surface area contributed by atoms with Crippen LogP contribution in [0.15, 0.2) is 136 Å². The summed E-state index contributed by atoms with van der Waals surface area (Å²) in [4.78, 5) is 5.04. The first kappa shape index (κ1) is 36.3. The standard InChI is InChI=1S/C55H47BN3O2/c1-53(2,3)32-17-19-33(20-18-32)57-43-28-41-40(54(4,5)23-24-55(41,6)7)25-37(43)35-21-22-36-38-27-48-39(34-15-11-12-16-47(34)60-48)26-45(38)59-46-30-49-44(29-42(46)56-50(35)51(36)59)58-52(61-49)31-13-9-8-10-14-31/h8-22,25-30,57H,23-24H2,1-7H3. The SMILES string of the molecule is CC(C)(C)c1ccc(Nc2cc3c(cc2-c2ccc4c5cc6oc7ccccc7c6cc5n5c4c2[B]c2cc4nc(-c6ccccc6)oc4cc2-5)C(C)(C)CCC3(C)C)cc1. The van der Waals surface area contributed by atoms with Crippen molar-refractivity contribution in [3.63, 3.8) is 0 Å². The Hall–Kier alpha value is -6.53. The molecule has 0 unspecified atom stereocenters. The summed E-state index contributed by atoms with van der Waals surface area (Å²) in [6, 6.07) is 46.1. The molecule has 3 aromatic heterocycles. The number of hydrogen-bond acceptors (Lipinski definition) is 4. The van der Waals surface area contributed by atoms with E-state index in [1.54, 1.807) is 0 Å². The van der Waals surface area contributed by atoms with Crippen molar-refractivity contribution in [2.24, 2.45) is 0 Å². The van der Waals surface area contributed by atoms with Crippen LogP contribution in [0.1, 0.15) is 78.0 Å². The highest BCUT2D eigenvalue weighted by molar-refractivity contribution is 6.73. The Bertz CT molecular complexity index is 3450. The first-order chi connectivity index (χ1) is 29.3. The maximum Gasteiger partial charge on any atom is 0.227 e. The lowest BCUT2D eigenvalue weighted by Crippen LogP contribution is -2.37. The number of rotatable bonds is 4. The highest BCUT2D eigenvalue weighted by Crippen LogP contribution is 2.50. The van der Waals surface area contributed by atoms with E-state index in [2.05, 4.69) is 157 Å². The average molecular weight is 793 g/mol. The molecule has 0 spiro atoms. The Labute approximate surface area is 356 Å². The van der Waals surface area contributed by atoms with Crippen molar-refractivity contribution in [2.75, 3.05) is 5.32 Å². The van der Waals surface area contributed by atoms with Gasteiger partial charge in [-0.05, 0) is 117 Å². The number of anilines is 2. The van der Waals surface area contributed by atoms with Crippen LogP contribution in [-0.4, -0.2) is 16.8 Å². The smallest absolute Gasteiger partial charge is 0.227 e. The van der Waals surface area contributed by atoms with E-state index >= 15 is 0 Å². The van der Waals surface area contributed by atoms with Gasteiger partial charge in [0, 0.05) is 61.3 Å². The summed E-state index contributed by atoms with van der Waals surface area (Å²) in [6.45, 7) is 16.5. The number of furan rings is 1. The molecule has 0 fully saturated rings. The van der Waals surface area contributed by atoms with E-state index in [1.807, 2.05) is 36.4 Å². The molecule has 61 heavy (non-hydrogen) atoms. The van der Waals surface area contributed by atoms with Gasteiger partial charge in [0.05, 0.1) is 5.52 Å². The van der Waals surface area contributed by atoms with E-state index in [0.717, 1.165) is 84.9 Å². The van der Waals surface area contributed by atoms with E-state index in [-0.39, 0.29) is 16.2 Å². The second kappa shape index (κ2) is 12.5. The van der Waals surface area contributed by atoms with Crippen molar-refractivity contribution in [3.8, 4) is 28.3 Å². The minimum Gasteiger partial charge on any atom is -0.456 e. The Kier molecular flexibility index (Phi) is 7.45. The fourth-order valence-corrected chi connectivity index (χ4v) is 10.3. The molecular formula is C55H47BN3O2. The van der Waals surface area contributed by atoms with Gasteiger partial charge in [-0.15, -0.1) is 0 Å². The lowest BCUT2D eigenvalue weighted by molar-refractivity contribution is 0.332. The minimum absolute atomic E-state index is 0.0326. The summed E-state index contributed by atoms with van der Waals surface area (Å²) in [5.74, 6) is 0.621. The zero-order valence-corrected chi connectivity index (χ0v) is 35.8. The second-order valence-corrected chi connectivity index (χ2v) is 19.8. The zero-order valence-electron chi connectivity index (χ0n) is 35.8. The Balaban J connectivity index is 1.14. The normalized spacial score (nSPS) is 15.4. The fourth-order valence-electron chi connectivity index (χ4n) is 10.3. The molecular weight excluding hydrogens is 745 g/mol. The van der Waals surface area contributed by atoms with Gasteiger partial charge in [0.25, 0.3) is 0 Å².